The first-order valence-electron chi connectivity index (χ1n) is 8.60. The molecule has 0 aliphatic carbocycles. The SMILES string of the molecule is Cc1nn(C)c(C)c1C[C@H]1C[C@H](O)CN1C(=O)OCc1ccccc1. The van der Waals surface area contributed by atoms with Crippen LogP contribution in [-0.2, 0) is 24.8 Å². The second-order valence-corrected chi connectivity index (χ2v) is 6.71. The second kappa shape index (κ2) is 7.27. The molecule has 0 unspecified atom stereocenters. The van der Waals surface area contributed by atoms with E-state index in [9.17, 15) is 9.90 Å². The summed E-state index contributed by atoms with van der Waals surface area (Å²) in [6.07, 6.45) is 0.369. The summed E-state index contributed by atoms with van der Waals surface area (Å²) in [5.74, 6) is 0. The summed E-state index contributed by atoms with van der Waals surface area (Å²) >= 11 is 0. The van der Waals surface area contributed by atoms with Gasteiger partial charge in [0, 0.05) is 18.8 Å². The Morgan fingerprint density at radius 3 is 2.68 bits per heavy atom. The van der Waals surface area contributed by atoms with Crippen molar-refractivity contribution in [3.63, 3.8) is 0 Å². The van der Waals surface area contributed by atoms with Crippen molar-refractivity contribution in [2.75, 3.05) is 6.54 Å². The number of aliphatic hydroxyl groups is 1. The summed E-state index contributed by atoms with van der Waals surface area (Å²) in [6, 6.07) is 9.54. The lowest BCUT2D eigenvalue weighted by Gasteiger charge is -2.24. The average Bonchev–Trinajstić information content (AvgIpc) is 3.08. The Morgan fingerprint density at radius 1 is 1.32 bits per heavy atom. The van der Waals surface area contributed by atoms with Crippen LogP contribution < -0.4 is 0 Å². The molecule has 0 bridgehead atoms. The minimum atomic E-state index is -0.508. The van der Waals surface area contributed by atoms with Crippen molar-refractivity contribution in [1.82, 2.24) is 14.7 Å². The van der Waals surface area contributed by atoms with E-state index in [-0.39, 0.29) is 18.7 Å². The molecule has 1 saturated heterocycles. The van der Waals surface area contributed by atoms with Gasteiger partial charge in [-0.05, 0) is 37.8 Å². The molecule has 0 radical (unpaired) electrons. The third-order valence-corrected chi connectivity index (χ3v) is 4.93. The maximum Gasteiger partial charge on any atom is 0.410 e. The fourth-order valence-corrected chi connectivity index (χ4v) is 3.46. The van der Waals surface area contributed by atoms with Crippen molar-refractivity contribution in [1.29, 1.82) is 0 Å². The van der Waals surface area contributed by atoms with E-state index in [4.69, 9.17) is 4.74 Å². The Hall–Kier alpha value is -2.34. The van der Waals surface area contributed by atoms with Crippen molar-refractivity contribution < 1.29 is 14.6 Å². The van der Waals surface area contributed by atoms with Gasteiger partial charge >= 0.3 is 6.09 Å². The minimum absolute atomic E-state index is 0.0696. The lowest BCUT2D eigenvalue weighted by Crippen LogP contribution is -2.37. The van der Waals surface area contributed by atoms with Gasteiger partial charge in [0.15, 0.2) is 0 Å². The van der Waals surface area contributed by atoms with E-state index in [2.05, 4.69) is 5.10 Å². The quantitative estimate of drug-likeness (QED) is 0.925. The standard InChI is InChI=1S/C19H25N3O3/c1-13-18(14(2)21(3)20-13)10-16-9-17(23)11-22(16)19(24)25-12-15-7-5-4-6-8-15/h4-8,16-17,23H,9-12H2,1-3H3/t16-,17+/m1/s1. The molecule has 1 aromatic heterocycles. The summed E-state index contributed by atoms with van der Waals surface area (Å²) in [5.41, 5.74) is 4.16. The molecule has 2 aromatic rings. The smallest absolute Gasteiger partial charge is 0.410 e. The Kier molecular flexibility index (Phi) is 5.08. The first-order chi connectivity index (χ1) is 12.0. The van der Waals surface area contributed by atoms with Crippen LogP contribution in [0, 0.1) is 13.8 Å². The van der Waals surface area contributed by atoms with Crippen LogP contribution in [0.4, 0.5) is 4.79 Å². The Labute approximate surface area is 148 Å². The topological polar surface area (TPSA) is 67.6 Å². The molecule has 1 aromatic carbocycles. The highest BCUT2D eigenvalue weighted by Gasteiger charge is 2.36. The van der Waals surface area contributed by atoms with Gasteiger partial charge in [0.25, 0.3) is 0 Å². The number of amides is 1. The van der Waals surface area contributed by atoms with Crippen molar-refractivity contribution in [3.05, 3.63) is 52.8 Å². The lowest BCUT2D eigenvalue weighted by molar-refractivity contribution is 0.0876. The predicted molar refractivity (Wildman–Crippen MR) is 94.1 cm³/mol. The number of β-amino-alcohol motifs (C(OH)–C–C–N with tert-alkyl or cyclic N) is 1. The van der Waals surface area contributed by atoms with E-state index in [1.54, 1.807) is 4.90 Å². The number of aliphatic hydroxyl groups excluding tert-OH is 1. The molecule has 1 fully saturated rings. The van der Waals surface area contributed by atoms with E-state index in [1.807, 2.05) is 55.9 Å². The molecule has 1 amide bonds. The number of likely N-dealkylation sites (tertiary alicyclic amines) is 1. The van der Waals surface area contributed by atoms with Crippen LogP contribution in [0.1, 0.15) is 28.9 Å². The largest absolute Gasteiger partial charge is 0.445 e. The van der Waals surface area contributed by atoms with Gasteiger partial charge in [-0.15, -0.1) is 0 Å². The Bertz CT molecular complexity index is 742. The number of ether oxygens (including phenoxy) is 1. The van der Waals surface area contributed by atoms with Crippen molar-refractivity contribution in [2.45, 2.75) is 45.4 Å². The number of nitrogens with zero attached hydrogens (tertiary/aromatic N) is 3. The zero-order valence-electron chi connectivity index (χ0n) is 15.0. The van der Waals surface area contributed by atoms with Gasteiger partial charge in [-0.3, -0.25) is 4.68 Å². The fraction of sp³-hybridized carbons (Fsp3) is 0.474. The van der Waals surface area contributed by atoms with E-state index in [1.165, 1.54) is 0 Å². The molecule has 1 N–H and O–H groups in total. The molecule has 0 saturated carbocycles. The molecule has 2 heterocycles. The van der Waals surface area contributed by atoms with Crippen molar-refractivity contribution in [3.8, 4) is 0 Å². The van der Waals surface area contributed by atoms with Gasteiger partial charge in [0.2, 0.25) is 0 Å². The zero-order chi connectivity index (χ0) is 18.0. The van der Waals surface area contributed by atoms with Crippen LogP contribution in [0.3, 0.4) is 0 Å². The summed E-state index contributed by atoms with van der Waals surface area (Å²) < 4.78 is 7.30. The van der Waals surface area contributed by atoms with E-state index in [0.29, 0.717) is 19.4 Å². The van der Waals surface area contributed by atoms with Crippen LogP contribution in [0.15, 0.2) is 30.3 Å². The number of carbonyl (C=O) groups is 1. The van der Waals surface area contributed by atoms with Crippen LogP contribution in [0.2, 0.25) is 0 Å². The van der Waals surface area contributed by atoms with Gasteiger partial charge in [0.05, 0.1) is 18.3 Å². The second-order valence-electron chi connectivity index (χ2n) is 6.71. The summed E-state index contributed by atoms with van der Waals surface area (Å²) in [4.78, 5) is 14.2. The number of aromatic nitrogens is 2. The fourth-order valence-electron chi connectivity index (χ4n) is 3.46. The molecule has 6 heteroatoms. The Morgan fingerprint density at radius 2 is 2.04 bits per heavy atom. The van der Waals surface area contributed by atoms with Crippen molar-refractivity contribution >= 4 is 6.09 Å². The zero-order valence-corrected chi connectivity index (χ0v) is 15.0. The molecular weight excluding hydrogens is 318 g/mol. The third-order valence-electron chi connectivity index (χ3n) is 4.93. The van der Waals surface area contributed by atoms with E-state index >= 15 is 0 Å². The molecule has 1 aliphatic heterocycles. The molecule has 6 nitrogen and oxygen atoms in total. The highest BCUT2D eigenvalue weighted by Crippen LogP contribution is 2.25. The van der Waals surface area contributed by atoms with Gasteiger partial charge in [0.1, 0.15) is 6.61 Å². The van der Waals surface area contributed by atoms with E-state index in [0.717, 1.165) is 22.5 Å². The van der Waals surface area contributed by atoms with Gasteiger partial charge in [-0.25, -0.2) is 4.79 Å². The highest BCUT2D eigenvalue weighted by molar-refractivity contribution is 5.68. The van der Waals surface area contributed by atoms with Gasteiger partial charge in [-0.1, -0.05) is 30.3 Å². The number of benzene rings is 1. The molecule has 0 spiro atoms. The monoisotopic (exact) mass is 343 g/mol. The maximum atomic E-state index is 12.5. The molecular formula is C19H25N3O3. The number of hydrogen-bond donors (Lipinski definition) is 1. The summed E-state index contributed by atoms with van der Waals surface area (Å²) in [5, 5.41) is 14.5. The average molecular weight is 343 g/mol. The number of carbonyl (C=O) groups excluding carboxylic acids is 1. The number of hydrogen-bond acceptors (Lipinski definition) is 4. The van der Waals surface area contributed by atoms with Crippen LogP contribution >= 0.6 is 0 Å². The molecule has 1 aliphatic rings. The maximum absolute atomic E-state index is 12.5. The molecule has 25 heavy (non-hydrogen) atoms. The third kappa shape index (κ3) is 3.85. The molecule has 2 atom stereocenters. The van der Waals surface area contributed by atoms with Gasteiger partial charge in [-0.2, -0.15) is 5.10 Å². The summed E-state index contributed by atoms with van der Waals surface area (Å²) in [7, 11) is 1.92. The first-order valence-corrected chi connectivity index (χ1v) is 8.60. The summed E-state index contributed by atoms with van der Waals surface area (Å²) in [6.45, 7) is 4.56. The normalized spacial score (nSPS) is 20.1. The minimum Gasteiger partial charge on any atom is -0.445 e. The number of rotatable bonds is 4. The van der Waals surface area contributed by atoms with Gasteiger partial charge < -0.3 is 14.7 Å². The molecule has 3 rings (SSSR count). The lowest BCUT2D eigenvalue weighted by atomic mass is 10.0. The van der Waals surface area contributed by atoms with Crippen LogP contribution in [-0.4, -0.2) is 44.6 Å². The van der Waals surface area contributed by atoms with E-state index < -0.39 is 6.10 Å². The highest BCUT2D eigenvalue weighted by atomic mass is 16.6. The first kappa shape index (κ1) is 17.5. The number of aryl methyl sites for hydroxylation is 2. The molecule has 134 valence electrons. The predicted octanol–water partition coefficient (Wildman–Crippen LogP) is 2.35. The Balaban J connectivity index is 1.67. The van der Waals surface area contributed by atoms with Crippen molar-refractivity contribution in [2.24, 2.45) is 7.05 Å². The van der Waals surface area contributed by atoms with Crippen LogP contribution in [0.5, 0.6) is 0 Å². The van der Waals surface area contributed by atoms with Crippen LogP contribution in [0.25, 0.3) is 0 Å².